The van der Waals surface area contributed by atoms with Crippen LogP contribution < -0.4 is 10.6 Å². The number of rotatable bonds is 4. The summed E-state index contributed by atoms with van der Waals surface area (Å²) in [5.74, 6) is 0.564. The Hall–Kier alpha value is -2.96. The van der Waals surface area contributed by atoms with Gasteiger partial charge in [-0.2, -0.15) is 9.61 Å². The van der Waals surface area contributed by atoms with Crippen molar-refractivity contribution in [1.82, 2.24) is 24.9 Å². The predicted octanol–water partition coefficient (Wildman–Crippen LogP) is 2.53. The molecule has 7 heteroatoms. The fourth-order valence-electron chi connectivity index (χ4n) is 2.35. The minimum absolute atomic E-state index is 0.274. The maximum absolute atomic E-state index is 12.2. The van der Waals surface area contributed by atoms with Crippen molar-refractivity contribution >= 4 is 17.5 Å². The second kappa shape index (κ2) is 6.27. The Kier molecular flexibility index (Phi) is 4.16. The highest BCUT2D eigenvalue weighted by Crippen LogP contribution is 2.20. The van der Waals surface area contributed by atoms with E-state index < -0.39 is 0 Å². The summed E-state index contributed by atoms with van der Waals surface area (Å²) < 4.78 is 1.58. The van der Waals surface area contributed by atoms with Crippen LogP contribution in [0.25, 0.3) is 5.65 Å². The summed E-state index contributed by atoms with van der Waals surface area (Å²) in [4.78, 5) is 20.8. The van der Waals surface area contributed by atoms with Crippen LogP contribution in [-0.4, -0.2) is 32.2 Å². The second-order valence-electron chi connectivity index (χ2n) is 6.34. The zero-order chi connectivity index (χ0) is 17.2. The average molecular weight is 324 g/mol. The van der Waals surface area contributed by atoms with Crippen molar-refractivity contribution in [2.45, 2.75) is 26.2 Å². The molecule has 0 saturated carbocycles. The van der Waals surface area contributed by atoms with Gasteiger partial charge in [-0.25, -0.2) is 9.78 Å². The summed E-state index contributed by atoms with van der Waals surface area (Å²) in [7, 11) is 0. The van der Waals surface area contributed by atoms with E-state index >= 15 is 0 Å². The number of aromatic nitrogens is 4. The molecule has 0 fully saturated rings. The zero-order valence-corrected chi connectivity index (χ0v) is 13.9. The first-order valence-electron chi connectivity index (χ1n) is 7.72. The molecule has 0 bridgehead atoms. The third-order valence-electron chi connectivity index (χ3n) is 3.83. The smallest absolute Gasteiger partial charge is 0.320 e. The van der Waals surface area contributed by atoms with E-state index in [1.54, 1.807) is 29.0 Å². The molecule has 2 N–H and O–H groups in total. The van der Waals surface area contributed by atoms with Crippen molar-refractivity contribution in [1.29, 1.82) is 0 Å². The van der Waals surface area contributed by atoms with Crippen LogP contribution in [0, 0.1) is 6.92 Å². The van der Waals surface area contributed by atoms with Crippen LogP contribution in [-0.2, 0) is 5.41 Å². The lowest BCUT2D eigenvalue weighted by molar-refractivity contribution is 0.249. The molecule has 2 amide bonds. The Morgan fingerprint density at radius 2 is 2.00 bits per heavy atom. The number of nitrogens with one attached hydrogen (secondary N) is 2. The number of fused-ring (bicyclic) bond motifs is 1. The number of urea groups is 1. The van der Waals surface area contributed by atoms with Gasteiger partial charge in [0.1, 0.15) is 5.82 Å². The van der Waals surface area contributed by atoms with Gasteiger partial charge in [0.05, 0.1) is 6.20 Å². The van der Waals surface area contributed by atoms with Crippen LogP contribution in [0.4, 0.5) is 10.6 Å². The Morgan fingerprint density at radius 1 is 1.17 bits per heavy atom. The molecule has 3 rings (SSSR count). The molecule has 7 nitrogen and oxygen atoms in total. The van der Waals surface area contributed by atoms with Gasteiger partial charge in [-0.05, 0) is 24.6 Å². The summed E-state index contributed by atoms with van der Waals surface area (Å²) in [5.41, 5.74) is 2.45. The van der Waals surface area contributed by atoms with Gasteiger partial charge in [0.2, 0.25) is 0 Å². The Morgan fingerprint density at radius 3 is 2.75 bits per heavy atom. The lowest BCUT2D eigenvalue weighted by Crippen LogP contribution is -2.39. The molecule has 3 aromatic heterocycles. The van der Waals surface area contributed by atoms with Crippen molar-refractivity contribution in [3.63, 3.8) is 0 Å². The Labute approximate surface area is 140 Å². The van der Waals surface area contributed by atoms with E-state index in [0.29, 0.717) is 18.0 Å². The fraction of sp³-hybridized carbons (Fsp3) is 0.294. The van der Waals surface area contributed by atoms with Crippen molar-refractivity contribution in [3.8, 4) is 0 Å². The topological polar surface area (TPSA) is 84.2 Å². The van der Waals surface area contributed by atoms with Crippen molar-refractivity contribution in [2.75, 3.05) is 11.9 Å². The van der Waals surface area contributed by atoms with Crippen LogP contribution in [0.2, 0.25) is 0 Å². The highest BCUT2D eigenvalue weighted by molar-refractivity contribution is 5.88. The molecule has 0 saturated heterocycles. The SMILES string of the molecule is Cc1ccc(C(C)(C)CNC(=O)Nc2ccnc3ccnn23)nc1. The molecular formula is C17H20N6O. The summed E-state index contributed by atoms with van der Waals surface area (Å²) >= 11 is 0. The first kappa shape index (κ1) is 15.9. The fourth-order valence-corrected chi connectivity index (χ4v) is 2.35. The van der Waals surface area contributed by atoms with E-state index in [4.69, 9.17) is 0 Å². The molecule has 0 aliphatic heterocycles. The number of pyridine rings is 1. The van der Waals surface area contributed by atoms with Crippen LogP contribution in [0.3, 0.4) is 0 Å². The van der Waals surface area contributed by atoms with Gasteiger partial charge in [0, 0.05) is 36.1 Å². The molecule has 0 radical (unpaired) electrons. The maximum atomic E-state index is 12.2. The normalized spacial score (nSPS) is 11.5. The van der Waals surface area contributed by atoms with Crippen LogP contribution >= 0.6 is 0 Å². The quantitative estimate of drug-likeness (QED) is 0.772. The minimum atomic E-state index is -0.293. The van der Waals surface area contributed by atoms with Crippen molar-refractivity contribution in [2.24, 2.45) is 0 Å². The van der Waals surface area contributed by atoms with E-state index in [-0.39, 0.29) is 11.4 Å². The minimum Gasteiger partial charge on any atom is -0.337 e. The summed E-state index contributed by atoms with van der Waals surface area (Å²) in [5, 5.41) is 9.82. The lowest BCUT2D eigenvalue weighted by atomic mass is 9.88. The number of carbonyl (C=O) groups excluding carboxylic acids is 1. The third-order valence-corrected chi connectivity index (χ3v) is 3.83. The van der Waals surface area contributed by atoms with Crippen LogP contribution in [0.5, 0.6) is 0 Å². The largest absolute Gasteiger partial charge is 0.337 e. The van der Waals surface area contributed by atoms with Gasteiger partial charge in [-0.1, -0.05) is 19.9 Å². The Balaban J connectivity index is 1.65. The standard InChI is InChI=1S/C17H20N6O/c1-12-4-5-13(19-10-12)17(2,3)11-20-16(24)22-15-6-8-18-14-7-9-21-23(14)15/h4-10H,11H2,1-3H3,(H2,20,22,24). The molecule has 0 unspecified atom stereocenters. The molecule has 3 aromatic rings. The first-order chi connectivity index (χ1) is 11.5. The monoisotopic (exact) mass is 324 g/mol. The van der Waals surface area contributed by atoms with Gasteiger partial charge in [-0.3, -0.25) is 10.3 Å². The summed E-state index contributed by atoms with van der Waals surface area (Å²) in [6.45, 7) is 6.55. The molecule has 124 valence electrons. The third kappa shape index (κ3) is 3.34. The van der Waals surface area contributed by atoms with E-state index in [2.05, 4.69) is 25.7 Å². The number of aryl methyl sites for hydroxylation is 1. The summed E-state index contributed by atoms with van der Waals surface area (Å²) in [6, 6.07) is 7.19. The van der Waals surface area contributed by atoms with Gasteiger partial charge in [0.25, 0.3) is 0 Å². The molecule has 0 aromatic carbocycles. The van der Waals surface area contributed by atoms with Crippen LogP contribution in [0.15, 0.2) is 42.9 Å². The Bertz CT molecular complexity index is 853. The maximum Gasteiger partial charge on any atom is 0.320 e. The van der Waals surface area contributed by atoms with Gasteiger partial charge in [-0.15, -0.1) is 0 Å². The molecule has 0 spiro atoms. The lowest BCUT2D eigenvalue weighted by Gasteiger charge is -2.24. The number of hydrogen-bond acceptors (Lipinski definition) is 4. The first-order valence-corrected chi connectivity index (χ1v) is 7.72. The van der Waals surface area contributed by atoms with Crippen LogP contribution in [0.1, 0.15) is 25.1 Å². The zero-order valence-electron chi connectivity index (χ0n) is 13.9. The molecule has 0 aliphatic carbocycles. The number of anilines is 1. The highest BCUT2D eigenvalue weighted by Gasteiger charge is 2.23. The van der Waals surface area contributed by atoms with Gasteiger partial charge in [0.15, 0.2) is 5.65 Å². The van der Waals surface area contributed by atoms with E-state index in [1.165, 1.54) is 0 Å². The van der Waals surface area contributed by atoms with Crippen molar-refractivity contribution in [3.05, 3.63) is 54.1 Å². The molecule has 24 heavy (non-hydrogen) atoms. The van der Waals surface area contributed by atoms with Gasteiger partial charge < -0.3 is 5.32 Å². The molecule has 0 atom stereocenters. The molecule has 3 heterocycles. The molecule has 0 aliphatic rings. The predicted molar refractivity (Wildman–Crippen MR) is 92.0 cm³/mol. The van der Waals surface area contributed by atoms with E-state index in [0.717, 1.165) is 11.3 Å². The number of nitrogens with zero attached hydrogens (tertiary/aromatic N) is 4. The second-order valence-corrected chi connectivity index (χ2v) is 6.34. The van der Waals surface area contributed by atoms with E-state index in [9.17, 15) is 4.79 Å². The highest BCUT2D eigenvalue weighted by atomic mass is 16.2. The summed E-state index contributed by atoms with van der Waals surface area (Å²) in [6.07, 6.45) is 5.10. The van der Waals surface area contributed by atoms with Gasteiger partial charge >= 0.3 is 6.03 Å². The molecular weight excluding hydrogens is 304 g/mol. The number of hydrogen-bond donors (Lipinski definition) is 2. The number of amides is 2. The van der Waals surface area contributed by atoms with Crippen molar-refractivity contribution < 1.29 is 4.79 Å². The van der Waals surface area contributed by atoms with E-state index in [1.807, 2.05) is 39.1 Å². The average Bonchev–Trinajstić information content (AvgIpc) is 3.03. The number of carbonyl (C=O) groups is 1.